The minimum atomic E-state index is -3.27. The van der Waals surface area contributed by atoms with Gasteiger partial charge in [0.25, 0.3) is 0 Å². The van der Waals surface area contributed by atoms with Gasteiger partial charge in [0.15, 0.2) is 9.84 Å². The molecule has 108 valence electrons. The normalized spacial score (nSPS) is 11.8. The van der Waals surface area contributed by atoms with Crippen molar-refractivity contribution < 1.29 is 8.42 Å². The summed E-state index contributed by atoms with van der Waals surface area (Å²) in [5.74, 6) is 0.329. The second-order valence-corrected chi connectivity index (χ2v) is 7.04. The molecular weight excluding hydrogens is 286 g/mol. The van der Waals surface area contributed by atoms with Crippen molar-refractivity contribution in [1.82, 2.24) is 9.97 Å². The van der Waals surface area contributed by atoms with E-state index in [4.69, 9.17) is 5.73 Å². The number of imidazole rings is 1. The van der Waals surface area contributed by atoms with E-state index in [1.807, 2.05) is 18.2 Å². The van der Waals surface area contributed by atoms with Crippen LogP contribution in [0.2, 0.25) is 0 Å². The number of aromatic nitrogens is 2. The van der Waals surface area contributed by atoms with Crippen LogP contribution in [0.3, 0.4) is 0 Å². The number of nitrogens with two attached hydrogens (primary N) is 1. The summed E-state index contributed by atoms with van der Waals surface area (Å²) < 4.78 is 24.5. The molecule has 0 saturated heterocycles. The zero-order valence-corrected chi connectivity index (χ0v) is 12.1. The van der Waals surface area contributed by atoms with Gasteiger partial charge in [0.2, 0.25) is 0 Å². The van der Waals surface area contributed by atoms with Crippen molar-refractivity contribution in [2.75, 3.05) is 5.73 Å². The Bertz CT molecular complexity index is 870. The molecule has 0 atom stereocenters. The summed E-state index contributed by atoms with van der Waals surface area (Å²) >= 11 is 0. The smallest absolute Gasteiger partial charge is 0.161 e. The van der Waals surface area contributed by atoms with Gasteiger partial charge >= 0.3 is 0 Å². The number of fused-ring (bicyclic) bond motifs is 1. The fourth-order valence-electron chi connectivity index (χ4n) is 2.24. The molecule has 0 bridgehead atoms. The number of rotatable bonds is 4. The lowest BCUT2D eigenvalue weighted by molar-refractivity contribution is 0.593. The number of hydrogen-bond donors (Lipinski definition) is 2. The van der Waals surface area contributed by atoms with Crippen LogP contribution in [-0.2, 0) is 21.3 Å². The van der Waals surface area contributed by atoms with E-state index in [0.29, 0.717) is 17.0 Å². The van der Waals surface area contributed by atoms with Gasteiger partial charge in [-0.25, -0.2) is 13.4 Å². The van der Waals surface area contributed by atoms with E-state index >= 15 is 0 Å². The number of nitrogens with zero attached hydrogens (tertiary/aromatic N) is 1. The largest absolute Gasteiger partial charge is 0.399 e. The maximum atomic E-state index is 12.2. The van der Waals surface area contributed by atoms with Crippen LogP contribution >= 0.6 is 0 Å². The number of H-pyrrole nitrogens is 1. The van der Waals surface area contributed by atoms with Crippen molar-refractivity contribution in [3.05, 3.63) is 59.9 Å². The van der Waals surface area contributed by atoms with Crippen LogP contribution in [0.25, 0.3) is 11.0 Å². The predicted octanol–water partition coefficient (Wildman–Crippen LogP) is 2.26. The van der Waals surface area contributed by atoms with Gasteiger partial charge in [-0.1, -0.05) is 30.3 Å². The van der Waals surface area contributed by atoms with Gasteiger partial charge in [-0.3, -0.25) is 0 Å². The maximum Gasteiger partial charge on any atom is 0.161 e. The topological polar surface area (TPSA) is 88.8 Å². The Morgan fingerprint density at radius 1 is 1.05 bits per heavy atom. The minimum Gasteiger partial charge on any atom is -0.399 e. The molecule has 0 unspecified atom stereocenters. The monoisotopic (exact) mass is 301 g/mol. The summed E-state index contributed by atoms with van der Waals surface area (Å²) in [4.78, 5) is 7.30. The molecule has 6 heteroatoms. The number of nitrogens with one attached hydrogen (secondary N) is 1. The van der Waals surface area contributed by atoms with E-state index in [9.17, 15) is 8.42 Å². The number of hydrogen-bond acceptors (Lipinski definition) is 4. The molecular formula is C15H15N3O2S. The highest BCUT2D eigenvalue weighted by molar-refractivity contribution is 7.89. The van der Waals surface area contributed by atoms with Crippen LogP contribution in [0.15, 0.2) is 48.5 Å². The quantitative estimate of drug-likeness (QED) is 0.723. The van der Waals surface area contributed by atoms with Crippen molar-refractivity contribution in [3.63, 3.8) is 0 Å². The Kier molecular flexibility index (Phi) is 3.39. The highest BCUT2D eigenvalue weighted by Gasteiger charge is 2.15. The van der Waals surface area contributed by atoms with Gasteiger partial charge in [-0.05, 0) is 23.8 Å². The summed E-state index contributed by atoms with van der Waals surface area (Å²) in [5, 5.41) is 0. The second-order valence-electron chi connectivity index (χ2n) is 4.98. The van der Waals surface area contributed by atoms with Gasteiger partial charge in [0.1, 0.15) is 11.6 Å². The lowest BCUT2D eigenvalue weighted by Crippen LogP contribution is -2.08. The van der Waals surface area contributed by atoms with E-state index in [1.54, 1.807) is 30.3 Å². The molecule has 0 fully saturated rings. The Balaban J connectivity index is 1.83. The Hall–Kier alpha value is -2.34. The summed E-state index contributed by atoms with van der Waals surface area (Å²) in [6, 6.07) is 14.4. The Labute approximate surface area is 122 Å². The number of benzene rings is 2. The summed E-state index contributed by atoms with van der Waals surface area (Å²) in [6.07, 6.45) is 0. The third-order valence-electron chi connectivity index (χ3n) is 3.14. The van der Waals surface area contributed by atoms with Crippen molar-refractivity contribution in [2.45, 2.75) is 11.5 Å². The van der Waals surface area contributed by atoms with E-state index in [2.05, 4.69) is 9.97 Å². The van der Waals surface area contributed by atoms with E-state index in [-0.39, 0.29) is 11.5 Å². The van der Waals surface area contributed by atoms with Gasteiger partial charge in [-0.15, -0.1) is 0 Å². The molecule has 5 nitrogen and oxygen atoms in total. The average molecular weight is 301 g/mol. The maximum absolute atomic E-state index is 12.2. The van der Waals surface area contributed by atoms with Crippen LogP contribution in [0.1, 0.15) is 11.4 Å². The van der Waals surface area contributed by atoms with Crippen molar-refractivity contribution in [1.29, 1.82) is 0 Å². The lowest BCUT2D eigenvalue weighted by Gasteiger charge is -2.02. The fourth-order valence-corrected chi connectivity index (χ4v) is 3.59. The molecule has 0 aliphatic heterocycles. The molecule has 21 heavy (non-hydrogen) atoms. The first kappa shape index (κ1) is 13.6. The van der Waals surface area contributed by atoms with Crippen LogP contribution in [0.5, 0.6) is 0 Å². The Morgan fingerprint density at radius 3 is 2.57 bits per heavy atom. The summed E-state index contributed by atoms with van der Waals surface area (Å²) in [5.41, 5.74) is 8.55. The van der Waals surface area contributed by atoms with Crippen molar-refractivity contribution >= 4 is 26.6 Å². The minimum absolute atomic E-state index is 0.00697. The van der Waals surface area contributed by atoms with Gasteiger partial charge in [0, 0.05) is 5.69 Å². The molecule has 1 aromatic heterocycles. The Morgan fingerprint density at radius 2 is 1.81 bits per heavy atom. The highest BCUT2D eigenvalue weighted by Crippen LogP contribution is 2.17. The molecule has 0 saturated carbocycles. The van der Waals surface area contributed by atoms with Crippen LogP contribution < -0.4 is 5.73 Å². The number of anilines is 1. The molecule has 0 aliphatic carbocycles. The SMILES string of the molecule is Nc1ccc2nc(CS(=O)(=O)Cc3ccccc3)[nH]c2c1. The third-order valence-corrected chi connectivity index (χ3v) is 4.63. The molecule has 0 amide bonds. The first-order valence-corrected chi connectivity index (χ1v) is 8.32. The van der Waals surface area contributed by atoms with Gasteiger partial charge in [-0.2, -0.15) is 0 Å². The van der Waals surface area contributed by atoms with E-state index < -0.39 is 9.84 Å². The molecule has 3 aromatic rings. The van der Waals surface area contributed by atoms with Crippen LogP contribution in [-0.4, -0.2) is 18.4 Å². The first-order valence-electron chi connectivity index (χ1n) is 6.50. The van der Waals surface area contributed by atoms with Crippen LogP contribution in [0.4, 0.5) is 5.69 Å². The second kappa shape index (κ2) is 5.21. The summed E-state index contributed by atoms with van der Waals surface area (Å²) in [6.45, 7) is 0. The molecule has 0 aliphatic rings. The molecule has 3 rings (SSSR count). The number of sulfone groups is 1. The predicted molar refractivity (Wildman–Crippen MR) is 83.3 cm³/mol. The van der Waals surface area contributed by atoms with Gasteiger partial charge in [0.05, 0.1) is 16.8 Å². The van der Waals surface area contributed by atoms with E-state index in [0.717, 1.165) is 11.1 Å². The molecule has 2 aromatic carbocycles. The highest BCUT2D eigenvalue weighted by atomic mass is 32.2. The van der Waals surface area contributed by atoms with Crippen molar-refractivity contribution in [3.8, 4) is 0 Å². The third kappa shape index (κ3) is 3.22. The molecule has 1 heterocycles. The first-order chi connectivity index (χ1) is 10.0. The standard InChI is InChI=1S/C15H15N3O2S/c16-12-6-7-13-14(8-12)18-15(17-13)10-21(19,20)9-11-4-2-1-3-5-11/h1-8H,9-10,16H2,(H,17,18). The average Bonchev–Trinajstić information content (AvgIpc) is 2.79. The zero-order valence-electron chi connectivity index (χ0n) is 11.3. The summed E-state index contributed by atoms with van der Waals surface area (Å²) in [7, 11) is -3.27. The lowest BCUT2D eigenvalue weighted by atomic mass is 10.2. The molecule has 0 radical (unpaired) electrons. The van der Waals surface area contributed by atoms with Crippen molar-refractivity contribution in [2.24, 2.45) is 0 Å². The number of aromatic amines is 1. The van der Waals surface area contributed by atoms with Gasteiger partial charge < -0.3 is 10.7 Å². The van der Waals surface area contributed by atoms with E-state index in [1.165, 1.54) is 0 Å². The molecule has 0 spiro atoms. The zero-order chi connectivity index (χ0) is 14.9. The number of nitrogen functional groups attached to an aromatic ring is 1. The molecule has 3 N–H and O–H groups in total. The van der Waals surface area contributed by atoms with Crippen LogP contribution in [0, 0.1) is 0 Å². The fraction of sp³-hybridized carbons (Fsp3) is 0.133.